The number of aromatic nitrogens is 2. The molecule has 38 heavy (non-hydrogen) atoms. The summed E-state index contributed by atoms with van der Waals surface area (Å²) in [6, 6.07) is 17.1. The van der Waals surface area contributed by atoms with Crippen LogP contribution < -0.4 is 14.8 Å². The summed E-state index contributed by atoms with van der Waals surface area (Å²) in [4.78, 5) is 21.7. The maximum atomic E-state index is 12.3. The van der Waals surface area contributed by atoms with Gasteiger partial charge in [0.25, 0.3) is 0 Å². The minimum absolute atomic E-state index is 0.0708. The third-order valence-corrected chi connectivity index (χ3v) is 11.2. The fourth-order valence-electron chi connectivity index (χ4n) is 3.41. The van der Waals surface area contributed by atoms with Crippen LogP contribution in [0.2, 0.25) is 18.1 Å². The number of esters is 1. The van der Waals surface area contributed by atoms with Gasteiger partial charge in [-0.1, -0.05) is 51.1 Å². The molecule has 9 heteroatoms. The summed E-state index contributed by atoms with van der Waals surface area (Å²) in [6.45, 7) is 12.6. The predicted octanol–water partition coefficient (Wildman–Crippen LogP) is 5.66. The number of nitrogens with zero attached hydrogens (tertiary/aromatic N) is 2. The number of benzene rings is 1. The highest BCUT2D eigenvalue weighted by molar-refractivity contribution is 6.74. The van der Waals surface area contributed by atoms with E-state index in [1.807, 2.05) is 36.4 Å². The van der Waals surface area contributed by atoms with E-state index >= 15 is 0 Å². The number of hydrogen-bond acceptors (Lipinski definition) is 8. The zero-order valence-electron chi connectivity index (χ0n) is 23.5. The SMILES string of the molecule is COC(=O)c1cc(CNCc2nc(OC)ccc2OCc2ccccc2)nc(CO[Si](C)(C)C(C)(C)C)c1. The van der Waals surface area contributed by atoms with Crippen molar-refractivity contribution in [3.63, 3.8) is 0 Å². The first kappa shape index (κ1) is 29.3. The minimum Gasteiger partial charge on any atom is -0.487 e. The van der Waals surface area contributed by atoms with Crippen molar-refractivity contribution in [2.75, 3.05) is 14.2 Å². The number of hydrogen-bond donors (Lipinski definition) is 1. The number of carbonyl (C=O) groups excluding carboxylic acids is 1. The average molecular weight is 538 g/mol. The Bertz CT molecular complexity index is 1210. The molecule has 0 aliphatic heterocycles. The van der Waals surface area contributed by atoms with E-state index < -0.39 is 14.3 Å². The fraction of sp³-hybridized carbons (Fsp3) is 0.414. The van der Waals surface area contributed by atoms with Gasteiger partial charge in [-0.2, -0.15) is 0 Å². The number of nitrogens with one attached hydrogen (secondary N) is 1. The van der Waals surface area contributed by atoms with Gasteiger partial charge in [0.05, 0.1) is 37.8 Å². The van der Waals surface area contributed by atoms with Gasteiger partial charge in [0, 0.05) is 19.2 Å². The molecule has 0 amide bonds. The fourth-order valence-corrected chi connectivity index (χ4v) is 4.35. The second kappa shape index (κ2) is 13.0. The van der Waals surface area contributed by atoms with Gasteiger partial charge in [0.15, 0.2) is 8.32 Å². The number of rotatable bonds is 12. The Balaban J connectivity index is 1.73. The van der Waals surface area contributed by atoms with Crippen molar-refractivity contribution < 1.29 is 23.4 Å². The first-order valence-electron chi connectivity index (χ1n) is 12.7. The summed E-state index contributed by atoms with van der Waals surface area (Å²) >= 11 is 0. The first-order chi connectivity index (χ1) is 18.0. The normalized spacial score (nSPS) is 11.8. The summed E-state index contributed by atoms with van der Waals surface area (Å²) in [5.41, 5.74) is 3.63. The molecule has 0 fully saturated rings. The van der Waals surface area contributed by atoms with Crippen LogP contribution in [0, 0.1) is 0 Å². The predicted molar refractivity (Wildman–Crippen MR) is 150 cm³/mol. The van der Waals surface area contributed by atoms with E-state index in [4.69, 9.17) is 23.6 Å². The van der Waals surface area contributed by atoms with Crippen molar-refractivity contribution in [3.05, 3.63) is 82.8 Å². The van der Waals surface area contributed by atoms with Gasteiger partial charge in [-0.3, -0.25) is 4.98 Å². The Kier molecular flexibility index (Phi) is 10.0. The number of carbonyl (C=O) groups is 1. The number of ether oxygens (including phenoxy) is 3. The molecule has 0 bridgehead atoms. The van der Waals surface area contributed by atoms with Crippen LogP contribution in [0.15, 0.2) is 54.6 Å². The maximum Gasteiger partial charge on any atom is 0.337 e. The van der Waals surface area contributed by atoms with Crippen LogP contribution in [0.1, 0.15) is 53.8 Å². The van der Waals surface area contributed by atoms with Crippen LogP contribution in [-0.4, -0.2) is 38.5 Å². The van der Waals surface area contributed by atoms with E-state index in [1.54, 1.807) is 25.3 Å². The quantitative estimate of drug-likeness (QED) is 0.234. The van der Waals surface area contributed by atoms with Crippen molar-refractivity contribution in [3.8, 4) is 11.6 Å². The highest BCUT2D eigenvalue weighted by atomic mass is 28.4. The van der Waals surface area contributed by atoms with Gasteiger partial charge in [0.1, 0.15) is 18.1 Å². The van der Waals surface area contributed by atoms with E-state index in [1.165, 1.54) is 7.11 Å². The largest absolute Gasteiger partial charge is 0.487 e. The van der Waals surface area contributed by atoms with E-state index in [2.05, 4.69) is 44.2 Å². The highest BCUT2D eigenvalue weighted by Gasteiger charge is 2.37. The lowest BCUT2D eigenvalue weighted by Gasteiger charge is -2.36. The third-order valence-electron chi connectivity index (χ3n) is 6.69. The highest BCUT2D eigenvalue weighted by Crippen LogP contribution is 2.37. The van der Waals surface area contributed by atoms with Crippen molar-refractivity contribution in [1.29, 1.82) is 0 Å². The molecule has 0 unspecified atom stereocenters. The average Bonchev–Trinajstić information content (AvgIpc) is 2.90. The molecule has 0 aliphatic rings. The molecule has 1 N–H and O–H groups in total. The van der Waals surface area contributed by atoms with Crippen LogP contribution in [-0.2, 0) is 35.5 Å². The lowest BCUT2D eigenvalue weighted by Crippen LogP contribution is -2.40. The van der Waals surface area contributed by atoms with Gasteiger partial charge < -0.3 is 24.0 Å². The number of pyridine rings is 2. The lowest BCUT2D eigenvalue weighted by molar-refractivity contribution is 0.0600. The maximum absolute atomic E-state index is 12.3. The van der Waals surface area contributed by atoms with Crippen LogP contribution in [0.4, 0.5) is 0 Å². The molecule has 0 radical (unpaired) electrons. The van der Waals surface area contributed by atoms with Crippen molar-refractivity contribution in [1.82, 2.24) is 15.3 Å². The molecule has 204 valence electrons. The van der Waals surface area contributed by atoms with Gasteiger partial charge in [-0.15, -0.1) is 0 Å². The second-order valence-electron chi connectivity index (χ2n) is 10.6. The van der Waals surface area contributed by atoms with Gasteiger partial charge >= 0.3 is 5.97 Å². The molecular formula is C29H39N3O5Si. The van der Waals surface area contributed by atoms with Crippen molar-refractivity contribution in [2.24, 2.45) is 0 Å². The van der Waals surface area contributed by atoms with Crippen LogP contribution in [0.3, 0.4) is 0 Å². The molecular weight excluding hydrogens is 498 g/mol. The van der Waals surface area contributed by atoms with Crippen LogP contribution >= 0.6 is 0 Å². The standard InChI is InChI=1S/C29H39N3O5Si/c1-29(2,3)38(6,7)37-20-24-16-22(28(33)35-5)15-23(31-24)17-30-18-25-26(13-14-27(32-25)34-4)36-19-21-11-9-8-10-12-21/h8-16,30H,17-20H2,1-7H3. The van der Waals surface area contributed by atoms with E-state index in [0.717, 1.165) is 5.56 Å². The first-order valence-corrected chi connectivity index (χ1v) is 15.6. The molecule has 2 heterocycles. The van der Waals surface area contributed by atoms with Crippen LogP contribution in [0.25, 0.3) is 0 Å². The molecule has 0 saturated heterocycles. The topological polar surface area (TPSA) is 91.8 Å². The summed E-state index contributed by atoms with van der Waals surface area (Å²) in [6.07, 6.45) is 0. The summed E-state index contributed by atoms with van der Waals surface area (Å²) in [7, 11) is 0.975. The Hall–Kier alpha value is -3.27. The molecule has 3 rings (SSSR count). The molecule has 0 atom stereocenters. The van der Waals surface area contributed by atoms with E-state index in [9.17, 15) is 4.79 Å². The third kappa shape index (κ3) is 8.11. The number of methoxy groups -OCH3 is 2. The van der Waals surface area contributed by atoms with Gasteiger partial charge in [-0.05, 0) is 41.9 Å². The lowest BCUT2D eigenvalue weighted by atomic mass is 10.2. The smallest absolute Gasteiger partial charge is 0.337 e. The molecule has 0 aliphatic carbocycles. The van der Waals surface area contributed by atoms with Crippen molar-refractivity contribution in [2.45, 2.75) is 65.2 Å². The molecule has 0 saturated carbocycles. The van der Waals surface area contributed by atoms with E-state index in [-0.39, 0.29) is 5.04 Å². The summed E-state index contributed by atoms with van der Waals surface area (Å²) < 4.78 is 22.7. The Morgan fingerprint density at radius 2 is 1.63 bits per heavy atom. The van der Waals surface area contributed by atoms with Crippen LogP contribution in [0.5, 0.6) is 11.6 Å². The summed E-state index contributed by atoms with van der Waals surface area (Å²) in [5.74, 6) is 0.764. The molecule has 3 aromatic rings. The Labute approximate surface area is 226 Å². The summed E-state index contributed by atoms with van der Waals surface area (Å²) in [5, 5.41) is 3.44. The molecule has 0 spiro atoms. The van der Waals surface area contributed by atoms with Gasteiger partial charge in [-0.25, -0.2) is 9.78 Å². The second-order valence-corrected chi connectivity index (χ2v) is 15.4. The minimum atomic E-state index is -1.98. The zero-order valence-corrected chi connectivity index (χ0v) is 24.5. The van der Waals surface area contributed by atoms with E-state index in [0.29, 0.717) is 60.6 Å². The van der Waals surface area contributed by atoms with Gasteiger partial charge in [0.2, 0.25) is 5.88 Å². The molecule has 8 nitrogen and oxygen atoms in total. The zero-order chi connectivity index (χ0) is 27.8. The monoisotopic (exact) mass is 537 g/mol. The Morgan fingerprint density at radius 1 is 0.921 bits per heavy atom. The van der Waals surface area contributed by atoms with Crippen molar-refractivity contribution >= 4 is 14.3 Å². The molecule has 2 aromatic heterocycles. The Morgan fingerprint density at radius 3 is 2.29 bits per heavy atom. The molecule has 1 aromatic carbocycles.